The quantitative estimate of drug-likeness (QED) is 0.845. The van der Waals surface area contributed by atoms with Crippen molar-refractivity contribution in [2.24, 2.45) is 0 Å². The summed E-state index contributed by atoms with van der Waals surface area (Å²) in [6.45, 7) is 4.91. The van der Waals surface area contributed by atoms with E-state index in [1.54, 1.807) is 0 Å². The number of amides is 1. The van der Waals surface area contributed by atoms with E-state index in [0.29, 0.717) is 5.13 Å². The molecule has 1 saturated heterocycles. The molecule has 1 aliphatic heterocycles. The number of aromatic nitrogens is 1. The van der Waals surface area contributed by atoms with Gasteiger partial charge in [0.1, 0.15) is 5.75 Å². The number of benzene rings is 1. The molecule has 1 amide bonds. The van der Waals surface area contributed by atoms with Crippen LogP contribution in [0.5, 0.6) is 5.75 Å². The minimum absolute atomic E-state index is 0. The number of hydrogen-bond acceptors (Lipinski definition) is 5. The molecule has 24 heavy (non-hydrogen) atoms. The molecule has 3 rings (SSSR count). The lowest BCUT2D eigenvalue weighted by atomic mass is 10.2. The molecule has 1 unspecified atom stereocenters. The Balaban J connectivity index is 0.00000208. The van der Waals surface area contributed by atoms with Gasteiger partial charge in [-0.25, -0.2) is 4.98 Å². The number of rotatable bonds is 5. The summed E-state index contributed by atoms with van der Waals surface area (Å²) < 4.78 is 5.64. The van der Waals surface area contributed by atoms with Crippen molar-refractivity contribution in [2.45, 2.75) is 38.8 Å². The van der Waals surface area contributed by atoms with Gasteiger partial charge in [0.15, 0.2) is 5.13 Å². The second-order valence-corrected chi connectivity index (χ2v) is 6.73. The van der Waals surface area contributed by atoms with Crippen LogP contribution in [0.3, 0.4) is 0 Å². The Kier molecular flexibility index (Phi) is 6.60. The van der Waals surface area contributed by atoms with E-state index in [0.717, 1.165) is 36.4 Å². The lowest BCUT2D eigenvalue weighted by Gasteiger charge is -2.09. The average Bonchev–Trinajstić information content (AvgIpc) is 3.18. The van der Waals surface area contributed by atoms with Crippen molar-refractivity contribution in [1.29, 1.82) is 0 Å². The van der Waals surface area contributed by atoms with Gasteiger partial charge < -0.3 is 15.4 Å². The SMILES string of the molecule is CC(C)Oc1ccc(-c2csc(NC(=O)C3CCCN3)n2)cc1.Cl. The van der Waals surface area contributed by atoms with Crippen LogP contribution in [0, 0.1) is 0 Å². The van der Waals surface area contributed by atoms with Gasteiger partial charge in [-0.2, -0.15) is 0 Å². The van der Waals surface area contributed by atoms with Crippen molar-refractivity contribution in [3.05, 3.63) is 29.6 Å². The summed E-state index contributed by atoms with van der Waals surface area (Å²) in [6, 6.07) is 7.76. The van der Waals surface area contributed by atoms with Gasteiger partial charge in [0.25, 0.3) is 0 Å². The molecule has 0 saturated carbocycles. The van der Waals surface area contributed by atoms with E-state index in [9.17, 15) is 4.79 Å². The fourth-order valence-corrected chi connectivity index (χ4v) is 3.26. The average molecular weight is 368 g/mol. The van der Waals surface area contributed by atoms with Crippen molar-refractivity contribution in [3.8, 4) is 17.0 Å². The lowest BCUT2D eigenvalue weighted by Crippen LogP contribution is -2.35. The molecule has 7 heteroatoms. The third-order valence-electron chi connectivity index (χ3n) is 3.63. The first-order valence-electron chi connectivity index (χ1n) is 7.88. The summed E-state index contributed by atoms with van der Waals surface area (Å²) in [6.07, 6.45) is 2.10. The summed E-state index contributed by atoms with van der Waals surface area (Å²) in [4.78, 5) is 16.6. The van der Waals surface area contributed by atoms with Crippen LogP contribution in [0.1, 0.15) is 26.7 Å². The third-order valence-corrected chi connectivity index (χ3v) is 4.39. The van der Waals surface area contributed by atoms with Crippen LogP contribution >= 0.6 is 23.7 Å². The standard InChI is InChI=1S/C17H21N3O2S.ClH/c1-11(2)22-13-7-5-12(6-8-13)15-10-23-17(19-15)20-16(21)14-4-3-9-18-14;/h5-8,10-11,14,18H,3-4,9H2,1-2H3,(H,19,20,21);1H. The van der Waals surface area contributed by atoms with E-state index < -0.39 is 0 Å². The topological polar surface area (TPSA) is 63.2 Å². The van der Waals surface area contributed by atoms with E-state index in [1.807, 2.05) is 43.5 Å². The van der Waals surface area contributed by atoms with Gasteiger partial charge >= 0.3 is 0 Å². The molecule has 1 atom stereocenters. The van der Waals surface area contributed by atoms with Gasteiger partial charge in [0.05, 0.1) is 17.8 Å². The van der Waals surface area contributed by atoms with Crippen LogP contribution in [0.15, 0.2) is 29.6 Å². The van der Waals surface area contributed by atoms with Crippen molar-refractivity contribution >= 4 is 34.8 Å². The van der Waals surface area contributed by atoms with Crippen molar-refractivity contribution in [1.82, 2.24) is 10.3 Å². The van der Waals surface area contributed by atoms with E-state index in [4.69, 9.17) is 4.74 Å². The number of carbonyl (C=O) groups excluding carboxylic acids is 1. The number of nitrogens with one attached hydrogen (secondary N) is 2. The molecule has 1 fully saturated rings. The van der Waals surface area contributed by atoms with Crippen molar-refractivity contribution in [3.63, 3.8) is 0 Å². The molecule has 0 radical (unpaired) electrons. The third kappa shape index (κ3) is 4.69. The highest BCUT2D eigenvalue weighted by Crippen LogP contribution is 2.27. The molecule has 130 valence electrons. The lowest BCUT2D eigenvalue weighted by molar-refractivity contribution is -0.117. The molecule has 5 nitrogen and oxygen atoms in total. The van der Waals surface area contributed by atoms with E-state index in [1.165, 1.54) is 11.3 Å². The minimum atomic E-state index is -0.0881. The number of nitrogens with zero attached hydrogens (tertiary/aromatic N) is 1. The fourth-order valence-electron chi connectivity index (χ4n) is 2.54. The monoisotopic (exact) mass is 367 g/mol. The van der Waals surface area contributed by atoms with Gasteiger partial charge in [-0.15, -0.1) is 23.7 Å². The van der Waals surface area contributed by atoms with Crippen LogP contribution < -0.4 is 15.4 Å². The highest BCUT2D eigenvalue weighted by Gasteiger charge is 2.22. The molecule has 1 aliphatic rings. The van der Waals surface area contributed by atoms with Crippen LogP contribution in [0.25, 0.3) is 11.3 Å². The molecule has 2 heterocycles. The van der Waals surface area contributed by atoms with E-state index >= 15 is 0 Å². The van der Waals surface area contributed by atoms with E-state index in [2.05, 4.69) is 15.6 Å². The van der Waals surface area contributed by atoms with Gasteiger partial charge in [0.2, 0.25) is 5.91 Å². The second kappa shape index (κ2) is 8.46. The molecule has 1 aromatic carbocycles. The molecule has 0 spiro atoms. The number of hydrogen-bond donors (Lipinski definition) is 2. The Hall–Kier alpha value is -1.63. The zero-order valence-electron chi connectivity index (χ0n) is 13.7. The number of halogens is 1. The normalized spacial score (nSPS) is 16.7. The Morgan fingerprint density at radius 2 is 2.12 bits per heavy atom. The number of ether oxygens (including phenoxy) is 1. The fraction of sp³-hybridized carbons (Fsp3) is 0.412. The maximum atomic E-state index is 12.1. The van der Waals surface area contributed by atoms with Gasteiger partial charge in [-0.1, -0.05) is 0 Å². The first kappa shape index (κ1) is 18.7. The summed E-state index contributed by atoms with van der Waals surface area (Å²) in [5, 5.41) is 8.67. The number of thiazole rings is 1. The number of anilines is 1. The highest BCUT2D eigenvalue weighted by atomic mass is 35.5. The maximum Gasteiger partial charge on any atom is 0.243 e. The van der Waals surface area contributed by atoms with Crippen LogP contribution in [-0.4, -0.2) is 29.6 Å². The molecule has 0 bridgehead atoms. The predicted molar refractivity (Wildman–Crippen MR) is 100 cm³/mol. The Bertz CT molecular complexity index is 667. The van der Waals surface area contributed by atoms with Crippen molar-refractivity contribution in [2.75, 3.05) is 11.9 Å². The van der Waals surface area contributed by atoms with Crippen LogP contribution in [0.4, 0.5) is 5.13 Å². The molecular weight excluding hydrogens is 346 g/mol. The zero-order valence-corrected chi connectivity index (χ0v) is 15.4. The van der Waals surface area contributed by atoms with Gasteiger partial charge in [-0.3, -0.25) is 4.79 Å². The van der Waals surface area contributed by atoms with E-state index in [-0.39, 0.29) is 30.5 Å². The second-order valence-electron chi connectivity index (χ2n) is 5.87. The highest BCUT2D eigenvalue weighted by molar-refractivity contribution is 7.14. The zero-order chi connectivity index (χ0) is 16.2. The number of carbonyl (C=O) groups is 1. The van der Waals surface area contributed by atoms with Crippen molar-refractivity contribution < 1.29 is 9.53 Å². The summed E-state index contributed by atoms with van der Waals surface area (Å²) in [5.74, 6) is 0.851. The smallest absolute Gasteiger partial charge is 0.243 e. The molecule has 0 aliphatic carbocycles. The molecular formula is C17H22ClN3O2S. The summed E-state index contributed by atoms with van der Waals surface area (Å²) >= 11 is 1.44. The summed E-state index contributed by atoms with van der Waals surface area (Å²) in [5.41, 5.74) is 1.87. The Labute approximate surface area is 152 Å². The molecule has 1 aromatic heterocycles. The van der Waals surface area contributed by atoms with Gasteiger partial charge in [-0.05, 0) is 57.5 Å². The largest absolute Gasteiger partial charge is 0.491 e. The Morgan fingerprint density at radius 3 is 2.75 bits per heavy atom. The van der Waals surface area contributed by atoms with Crippen LogP contribution in [0.2, 0.25) is 0 Å². The molecule has 2 aromatic rings. The summed E-state index contributed by atoms with van der Waals surface area (Å²) in [7, 11) is 0. The van der Waals surface area contributed by atoms with Gasteiger partial charge in [0, 0.05) is 10.9 Å². The predicted octanol–water partition coefficient (Wildman–Crippen LogP) is 3.71. The van der Waals surface area contributed by atoms with Crippen LogP contribution in [-0.2, 0) is 4.79 Å². The first-order chi connectivity index (χ1) is 11.1. The Morgan fingerprint density at radius 1 is 1.38 bits per heavy atom. The maximum absolute atomic E-state index is 12.1. The molecule has 2 N–H and O–H groups in total. The minimum Gasteiger partial charge on any atom is -0.491 e. The first-order valence-corrected chi connectivity index (χ1v) is 8.76.